The smallest absolute Gasteiger partial charge is 0.305 e. The molecule has 10 heteroatoms. The van der Waals surface area contributed by atoms with E-state index in [9.17, 15) is 15.0 Å². The topological polar surface area (TPSA) is 120 Å². The monoisotopic (exact) mass is 434 g/mol. The maximum absolute atomic E-state index is 15.5. The summed E-state index contributed by atoms with van der Waals surface area (Å²) in [5.74, 6) is -1.52. The van der Waals surface area contributed by atoms with Crippen molar-refractivity contribution in [1.29, 1.82) is 0 Å². The van der Waals surface area contributed by atoms with Crippen molar-refractivity contribution >= 4 is 17.1 Å². The standard InChI is InChI=1S/C21H27FN4O5/c1-4-6-7-8-9-10-15(27)30-11-21(22)18(28)20(29,5-2)19(31-21)26-13-25-16-14(3)23-12-24-17(16)26/h2,12-13,18-19,28-29H,4,6-11H2,1,3H3/t18-,19+,20+,21+/m0/s1. The van der Waals surface area contributed by atoms with Gasteiger partial charge < -0.3 is 19.7 Å². The molecule has 2 aromatic rings. The largest absolute Gasteiger partial charge is 0.459 e. The number of aryl methyl sites for hydroxylation is 1. The molecule has 1 aliphatic heterocycles. The van der Waals surface area contributed by atoms with E-state index in [0.717, 1.165) is 25.7 Å². The first-order valence-electron chi connectivity index (χ1n) is 10.3. The average Bonchev–Trinajstić information content (AvgIpc) is 3.27. The normalized spacial score (nSPS) is 28.0. The number of nitrogens with zero attached hydrogens (tertiary/aromatic N) is 4. The lowest BCUT2D eigenvalue weighted by atomic mass is 9.94. The zero-order valence-corrected chi connectivity index (χ0v) is 17.6. The molecule has 4 atom stereocenters. The Morgan fingerprint density at radius 1 is 1.35 bits per heavy atom. The minimum atomic E-state index is -2.91. The molecule has 31 heavy (non-hydrogen) atoms. The number of alkyl halides is 1. The minimum Gasteiger partial charge on any atom is -0.459 e. The number of carbonyl (C=O) groups excluding carboxylic acids is 1. The van der Waals surface area contributed by atoms with Crippen LogP contribution >= 0.6 is 0 Å². The van der Waals surface area contributed by atoms with Gasteiger partial charge in [-0.1, -0.05) is 38.5 Å². The molecule has 1 aliphatic rings. The maximum Gasteiger partial charge on any atom is 0.305 e. The van der Waals surface area contributed by atoms with Crippen LogP contribution in [0, 0.1) is 19.3 Å². The molecule has 0 bridgehead atoms. The van der Waals surface area contributed by atoms with Gasteiger partial charge in [0.15, 0.2) is 24.6 Å². The third kappa shape index (κ3) is 4.39. The number of esters is 1. The van der Waals surface area contributed by atoms with Gasteiger partial charge in [0.25, 0.3) is 5.85 Å². The van der Waals surface area contributed by atoms with E-state index in [-0.39, 0.29) is 12.1 Å². The summed E-state index contributed by atoms with van der Waals surface area (Å²) in [6.07, 6.45) is 9.05. The van der Waals surface area contributed by atoms with Gasteiger partial charge in [-0.2, -0.15) is 0 Å². The van der Waals surface area contributed by atoms with Gasteiger partial charge in [0.1, 0.15) is 11.8 Å². The van der Waals surface area contributed by atoms with Crippen molar-refractivity contribution in [2.75, 3.05) is 6.61 Å². The molecule has 0 unspecified atom stereocenters. The molecule has 0 saturated carbocycles. The van der Waals surface area contributed by atoms with Crippen LogP contribution in [0.5, 0.6) is 0 Å². The number of aliphatic hydroxyl groups excluding tert-OH is 1. The van der Waals surface area contributed by atoms with Crippen molar-refractivity contribution in [3.05, 3.63) is 18.3 Å². The van der Waals surface area contributed by atoms with E-state index in [4.69, 9.17) is 15.9 Å². The number of aliphatic hydroxyl groups is 2. The first kappa shape index (κ1) is 23.1. The van der Waals surface area contributed by atoms with Crippen LogP contribution in [0.3, 0.4) is 0 Å². The minimum absolute atomic E-state index is 0.126. The van der Waals surface area contributed by atoms with Crippen molar-refractivity contribution in [2.45, 2.75) is 76.2 Å². The number of rotatable bonds is 9. The summed E-state index contributed by atoms with van der Waals surface area (Å²) < 4.78 is 27.0. The highest BCUT2D eigenvalue weighted by atomic mass is 19.2. The highest BCUT2D eigenvalue weighted by Gasteiger charge is 2.65. The number of hydrogen-bond acceptors (Lipinski definition) is 8. The lowest BCUT2D eigenvalue weighted by Gasteiger charge is -2.26. The van der Waals surface area contributed by atoms with E-state index in [1.54, 1.807) is 6.92 Å². The van der Waals surface area contributed by atoms with Crippen LogP contribution in [-0.2, 0) is 14.3 Å². The summed E-state index contributed by atoms with van der Waals surface area (Å²) in [4.78, 5) is 24.2. The molecule has 2 N–H and O–H groups in total. The second-order valence-electron chi connectivity index (χ2n) is 7.74. The summed E-state index contributed by atoms with van der Waals surface area (Å²) in [5, 5.41) is 21.4. The zero-order valence-electron chi connectivity index (χ0n) is 17.6. The molecular formula is C21H27FN4O5. The van der Waals surface area contributed by atoms with Crippen LogP contribution < -0.4 is 0 Å². The molecule has 1 saturated heterocycles. The Bertz CT molecular complexity index is 976. The van der Waals surface area contributed by atoms with Crippen LogP contribution in [0.4, 0.5) is 4.39 Å². The number of hydrogen-bond donors (Lipinski definition) is 2. The third-order valence-corrected chi connectivity index (χ3v) is 5.45. The average molecular weight is 434 g/mol. The lowest BCUT2D eigenvalue weighted by Crippen LogP contribution is -2.50. The molecular weight excluding hydrogens is 407 g/mol. The van der Waals surface area contributed by atoms with Crippen LogP contribution in [0.15, 0.2) is 12.7 Å². The van der Waals surface area contributed by atoms with Gasteiger partial charge in [-0.15, -0.1) is 6.42 Å². The fourth-order valence-electron chi connectivity index (χ4n) is 3.60. The lowest BCUT2D eigenvalue weighted by molar-refractivity contribution is -0.216. The van der Waals surface area contributed by atoms with Gasteiger partial charge in [-0.3, -0.25) is 9.36 Å². The van der Waals surface area contributed by atoms with Gasteiger partial charge in [0, 0.05) is 6.42 Å². The fourth-order valence-corrected chi connectivity index (χ4v) is 3.60. The van der Waals surface area contributed by atoms with E-state index in [2.05, 4.69) is 21.9 Å². The van der Waals surface area contributed by atoms with Crippen LogP contribution in [-0.4, -0.2) is 59.9 Å². The van der Waals surface area contributed by atoms with Gasteiger partial charge in [0.2, 0.25) is 5.60 Å². The molecule has 168 valence electrons. The number of fused-ring (bicyclic) bond motifs is 1. The summed E-state index contributed by atoms with van der Waals surface area (Å²) in [7, 11) is 0. The summed E-state index contributed by atoms with van der Waals surface area (Å²) in [5.41, 5.74) is -1.24. The number of unbranched alkanes of at least 4 members (excludes halogenated alkanes) is 4. The first-order valence-corrected chi connectivity index (χ1v) is 10.3. The molecule has 3 heterocycles. The van der Waals surface area contributed by atoms with E-state index in [1.807, 2.05) is 5.92 Å². The molecule has 1 fully saturated rings. The van der Waals surface area contributed by atoms with Crippen molar-refractivity contribution in [2.24, 2.45) is 0 Å². The Balaban J connectivity index is 1.73. The Hall–Kier alpha value is -2.61. The Morgan fingerprint density at radius 3 is 2.81 bits per heavy atom. The number of halogens is 1. The molecule has 9 nitrogen and oxygen atoms in total. The molecule has 0 radical (unpaired) electrons. The predicted molar refractivity (Wildman–Crippen MR) is 108 cm³/mol. The van der Waals surface area contributed by atoms with Gasteiger partial charge in [0.05, 0.1) is 12.0 Å². The second kappa shape index (κ2) is 9.26. The predicted octanol–water partition coefficient (Wildman–Crippen LogP) is 1.96. The van der Waals surface area contributed by atoms with Gasteiger partial charge >= 0.3 is 5.97 Å². The number of ether oxygens (including phenoxy) is 2. The summed E-state index contributed by atoms with van der Waals surface area (Å²) in [6, 6.07) is 0. The van der Waals surface area contributed by atoms with Crippen molar-refractivity contribution in [3.8, 4) is 12.3 Å². The Kier molecular flexibility index (Phi) is 6.89. The van der Waals surface area contributed by atoms with Crippen LogP contribution in [0.25, 0.3) is 11.2 Å². The number of aromatic nitrogens is 4. The van der Waals surface area contributed by atoms with Crippen molar-refractivity contribution in [1.82, 2.24) is 19.5 Å². The van der Waals surface area contributed by atoms with Gasteiger partial charge in [-0.25, -0.2) is 19.3 Å². The van der Waals surface area contributed by atoms with Gasteiger partial charge in [-0.05, 0) is 13.3 Å². The third-order valence-electron chi connectivity index (χ3n) is 5.45. The highest BCUT2D eigenvalue weighted by Crippen LogP contribution is 2.46. The zero-order chi connectivity index (χ0) is 22.6. The quantitative estimate of drug-likeness (QED) is 0.349. The molecule has 0 aliphatic carbocycles. The van der Waals surface area contributed by atoms with E-state index in [0.29, 0.717) is 17.6 Å². The molecule has 0 spiro atoms. The van der Waals surface area contributed by atoms with Crippen LogP contribution in [0.1, 0.15) is 57.4 Å². The molecule has 0 aromatic carbocycles. The summed E-state index contributed by atoms with van der Waals surface area (Å²) >= 11 is 0. The first-order chi connectivity index (χ1) is 14.8. The number of imidazole rings is 1. The Labute approximate surface area is 179 Å². The molecule has 2 aromatic heterocycles. The fraction of sp³-hybridized carbons (Fsp3) is 0.619. The highest BCUT2D eigenvalue weighted by molar-refractivity contribution is 5.73. The van der Waals surface area contributed by atoms with Crippen molar-refractivity contribution < 1.29 is 28.9 Å². The summed E-state index contributed by atoms with van der Waals surface area (Å²) in [6.45, 7) is 2.89. The molecule has 3 rings (SSSR count). The second-order valence-corrected chi connectivity index (χ2v) is 7.74. The Morgan fingerprint density at radius 2 is 2.10 bits per heavy atom. The van der Waals surface area contributed by atoms with E-state index < -0.39 is 36.4 Å². The molecule has 0 amide bonds. The van der Waals surface area contributed by atoms with E-state index >= 15 is 4.39 Å². The SMILES string of the molecule is C#C[C@]1(O)[C@H](n2cnc3c(C)ncnc32)O[C@](F)(COC(=O)CCCCCCC)[C@H]1O. The van der Waals surface area contributed by atoms with E-state index in [1.165, 1.54) is 17.2 Å². The number of terminal acetylenes is 1. The maximum atomic E-state index is 15.5. The van der Waals surface area contributed by atoms with Crippen LogP contribution in [0.2, 0.25) is 0 Å². The number of carbonyl (C=O) groups is 1. The van der Waals surface area contributed by atoms with Crippen molar-refractivity contribution in [3.63, 3.8) is 0 Å².